The van der Waals surface area contributed by atoms with Gasteiger partial charge in [-0.3, -0.25) is 4.68 Å². The van der Waals surface area contributed by atoms with Crippen molar-refractivity contribution in [2.24, 2.45) is 0 Å². The minimum absolute atomic E-state index is 0.217. The Bertz CT molecular complexity index is 513. The third-order valence-corrected chi connectivity index (χ3v) is 2.72. The highest BCUT2D eigenvalue weighted by atomic mass is 19.1. The van der Waals surface area contributed by atoms with Crippen molar-refractivity contribution in [2.75, 3.05) is 20.3 Å². The van der Waals surface area contributed by atoms with Gasteiger partial charge in [-0.25, -0.2) is 4.39 Å². The molecule has 1 aromatic carbocycles. The lowest BCUT2D eigenvalue weighted by atomic mass is 10.2. The predicted octanol–water partition coefficient (Wildman–Crippen LogP) is 1.81. The molecule has 0 saturated carbocycles. The van der Waals surface area contributed by atoms with E-state index in [1.165, 1.54) is 12.1 Å². The van der Waals surface area contributed by atoms with E-state index in [2.05, 4.69) is 10.4 Å². The van der Waals surface area contributed by atoms with Crippen LogP contribution >= 0.6 is 0 Å². The number of methoxy groups -OCH3 is 1. The summed E-state index contributed by atoms with van der Waals surface area (Å²) in [4.78, 5) is 0. The number of benzene rings is 1. The van der Waals surface area contributed by atoms with Crippen molar-refractivity contribution in [3.05, 3.63) is 53.6 Å². The maximum Gasteiger partial charge on any atom is 0.123 e. The van der Waals surface area contributed by atoms with Crippen LogP contribution in [-0.2, 0) is 17.8 Å². The first-order valence-electron chi connectivity index (χ1n) is 6.24. The minimum Gasteiger partial charge on any atom is -0.383 e. The van der Waals surface area contributed by atoms with Gasteiger partial charge in [0.25, 0.3) is 0 Å². The van der Waals surface area contributed by atoms with E-state index in [1.807, 2.05) is 23.0 Å². The lowest BCUT2D eigenvalue weighted by Gasteiger charge is -2.03. The van der Waals surface area contributed by atoms with Crippen LogP contribution in [0, 0.1) is 5.82 Å². The zero-order chi connectivity index (χ0) is 13.5. The summed E-state index contributed by atoms with van der Waals surface area (Å²) >= 11 is 0. The molecule has 2 aromatic rings. The van der Waals surface area contributed by atoms with Crippen molar-refractivity contribution >= 4 is 0 Å². The first kappa shape index (κ1) is 13.7. The third-order valence-electron chi connectivity index (χ3n) is 2.72. The van der Waals surface area contributed by atoms with E-state index in [-0.39, 0.29) is 5.82 Å². The predicted molar refractivity (Wildman–Crippen MR) is 71.3 cm³/mol. The van der Waals surface area contributed by atoms with Crippen molar-refractivity contribution in [3.63, 3.8) is 0 Å². The van der Waals surface area contributed by atoms with Crippen LogP contribution in [0.2, 0.25) is 0 Å². The van der Waals surface area contributed by atoms with Gasteiger partial charge in [0.2, 0.25) is 0 Å². The summed E-state index contributed by atoms with van der Waals surface area (Å²) in [6, 6.07) is 8.53. The second kappa shape index (κ2) is 7.01. The van der Waals surface area contributed by atoms with Gasteiger partial charge in [-0.05, 0) is 23.8 Å². The van der Waals surface area contributed by atoms with Gasteiger partial charge in [0.1, 0.15) is 5.82 Å². The number of hydrogen-bond donors (Lipinski definition) is 1. The summed E-state index contributed by atoms with van der Waals surface area (Å²) in [5.41, 5.74) is 1.87. The van der Waals surface area contributed by atoms with Crippen LogP contribution in [0.4, 0.5) is 4.39 Å². The number of halogens is 1. The lowest BCUT2D eigenvalue weighted by Crippen LogP contribution is -2.19. The normalized spacial score (nSPS) is 10.8. The van der Waals surface area contributed by atoms with Crippen LogP contribution in [0.15, 0.2) is 36.5 Å². The molecule has 102 valence electrons. The zero-order valence-corrected chi connectivity index (χ0v) is 11.0. The summed E-state index contributed by atoms with van der Waals surface area (Å²) in [5.74, 6) is -0.217. The standard InChI is InChI=1S/C14H18FN3O/c1-19-8-6-16-10-14-5-7-18(17-14)11-12-3-2-4-13(15)9-12/h2-5,7,9,16H,6,8,10-11H2,1H3. The van der Waals surface area contributed by atoms with Gasteiger partial charge in [0.05, 0.1) is 18.8 Å². The van der Waals surface area contributed by atoms with E-state index in [1.54, 1.807) is 13.2 Å². The minimum atomic E-state index is -0.217. The molecule has 4 nitrogen and oxygen atoms in total. The molecule has 2 rings (SSSR count). The summed E-state index contributed by atoms with van der Waals surface area (Å²) in [5, 5.41) is 7.65. The van der Waals surface area contributed by atoms with Gasteiger partial charge < -0.3 is 10.1 Å². The Morgan fingerprint density at radius 2 is 2.26 bits per heavy atom. The Labute approximate surface area is 112 Å². The van der Waals surface area contributed by atoms with E-state index in [0.29, 0.717) is 19.7 Å². The quantitative estimate of drug-likeness (QED) is 0.774. The molecular weight excluding hydrogens is 245 g/mol. The van der Waals surface area contributed by atoms with Gasteiger partial charge in [0, 0.05) is 26.4 Å². The number of rotatable bonds is 7. The second-order valence-electron chi connectivity index (χ2n) is 4.30. The number of nitrogens with zero attached hydrogens (tertiary/aromatic N) is 2. The van der Waals surface area contributed by atoms with Crippen LogP contribution in [0.3, 0.4) is 0 Å². The van der Waals surface area contributed by atoms with Crippen molar-refractivity contribution in [2.45, 2.75) is 13.1 Å². The smallest absolute Gasteiger partial charge is 0.123 e. The fourth-order valence-electron chi connectivity index (χ4n) is 1.80. The Morgan fingerprint density at radius 1 is 1.37 bits per heavy atom. The monoisotopic (exact) mass is 263 g/mol. The maximum absolute atomic E-state index is 13.1. The molecule has 1 N–H and O–H groups in total. The van der Waals surface area contributed by atoms with Crippen molar-refractivity contribution in [1.29, 1.82) is 0 Å². The van der Waals surface area contributed by atoms with Gasteiger partial charge in [-0.15, -0.1) is 0 Å². The summed E-state index contributed by atoms with van der Waals surface area (Å²) in [6.07, 6.45) is 1.90. The van der Waals surface area contributed by atoms with Gasteiger partial charge in [-0.1, -0.05) is 12.1 Å². The summed E-state index contributed by atoms with van der Waals surface area (Å²) in [6.45, 7) is 2.77. The molecule has 0 unspecified atom stereocenters. The molecular formula is C14H18FN3O. The Morgan fingerprint density at radius 3 is 3.05 bits per heavy atom. The average molecular weight is 263 g/mol. The first-order chi connectivity index (χ1) is 9.28. The fourth-order valence-corrected chi connectivity index (χ4v) is 1.80. The van der Waals surface area contributed by atoms with Gasteiger partial charge >= 0.3 is 0 Å². The summed E-state index contributed by atoms with van der Waals surface area (Å²) in [7, 11) is 1.68. The molecule has 0 amide bonds. The van der Waals surface area contributed by atoms with Crippen LogP contribution in [0.5, 0.6) is 0 Å². The van der Waals surface area contributed by atoms with E-state index in [4.69, 9.17) is 4.74 Å². The highest BCUT2D eigenvalue weighted by Crippen LogP contribution is 2.06. The Kier molecular flexibility index (Phi) is 5.06. The van der Waals surface area contributed by atoms with Crippen LogP contribution < -0.4 is 5.32 Å². The molecule has 0 atom stereocenters. The molecule has 0 fully saturated rings. The van der Waals surface area contributed by atoms with Crippen LogP contribution in [-0.4, -0.2) is 30.0 Å². The molecule has 5 heteroatoms. The van der Waals surface area contributed by atoms with Crippen molar-refractivity contribution in [3.8, 4) is 0 Å². The number of hydrogen-bond acceptors (Lipinski definition) is 3. The zero-order valence-electron chi connectivity index (χ0n) is 11.0. The molecule has 0 spiro atoms. The fraction of sp³-hybridized carbons (Fsp3) is 0.357. The average Bonchev–Trinajstić information content (AvgIpc) is 2.82. The number of aromatic nitrogens is 2. The van der Waals surface area contributed by atoms with Gasteiger partial charge in [-0.2, -0.15) is 5.10 Å². The second-order valence-corrected chi connectivity index (χ2v) is 4.30. The lowest BCUT2D eigenvalue weighted by molar-refractivity contribution is 0.199. The van der Waals surface area contributed by atoms with Crippen LogP contribution in [0.25, 0.3) is 0 Å². The summed E-state index contributed by atoms with van der Waals surface area (Å²) < 4.78 is 19.8. The molecule has 19 heavy (non-hydrogen) atoms. The van der Waals surface area contributed by atoms with E-state index in [9.17, 15) is 4.39 Å². The third kappa shape index (κ3) is 4.46. The largest absolute Gasteiger partial charge is 0.383 e. The molecule has 0 radical (unpaired) electrons. The first-order valence-corrected chi connectivity index (χ1v) is 6.24. The van der Waals surface area contributed by atoms with E-state index in [0.717, 1.165) is 17.8 Å². The Balaban J connectivity index is 1.87. The molecule has 0 aliphatic rings. The van der Waals surface area contributed by atoms with E-state index < -0.39 is 0 Å². The molecule has 1 heterocycles. The maximum atomic E-state index is 13.1. The van der Waals surface area contributed by atoms with Crippen LogP contribution in [0.1, 0.15) is 11.3 Å². The molecule has 0 bridgehead atoms. The topological polar surface area (TPSA) is 39.1 Å². The number of nitrogens with one attached hydrogen (secondary N) is 1. The van der Waals surface area contributed by atoms with E-state index >= 15 is 0 Å². The molecule has 0 aliphatic carbocycles. The van der Waals surface area contributed by atoms with Crippen molar-refractivity contribution < 1.29 is 9.13 Å². The Hall–Kier alpha value is -1.72. The molecule has 1 aromatic heterocycles. The molecule has 0 aliphatic heterocycles. The SMILES string of the molecule is COCCNCc1ccn(Cc2cccc(F)c2)n1. The molecule has 0 saturated heterocycles. The highest BCUT2D eigenvalue weighted by Gasteiger charge is 2.01. The van der Waals surface area contributed by atoms with Gasteiger partial charge in [0.15, 0.2) is 0 Å². The highest BCUT2D eigenvalue weighted by molar-refractivity contribution is 5.16. The van der Waals surface area contributed by atoms with Crippen molar-refractivity contribution in [1.82, 2.24) is 15.1 Å². The number of ether oxygens (including phenoxy) is 1.